The average molecular weight is 390 g/mol. The van der Waals surface area contributed by atoms with Crippen LogP contribution in [-0.4, -0.2) is 65.6 Å². The van der Waals surface area contributed by atoms with Gasteiger partial charge in [0, 0.05) is 24.2 Å². The van der Waals surface area contributed by atoms with Gasteiger partial charge in [0.1, 0.15) is 11.9 Å². The number of hydrogen-bond donors (Lipinski definition) is 4. The number of aliphatic hydroxyl groups excluding tert-OH is 1. The van der Waals surface area contributed by atoms with E-state index in [1.54, 1.807) is 18.7 Å². The lowest BCUT2D eigenvalue weighted by Gasteiger charge is -2.31. The predicted molar refractivity (Wildman–Crippen MR) is 102 cm³/mol. The number of nitrogens with zero attached hydrogens (tertiary/aromatic N) is 1. The molecule has 1 heterocycles. The van der Waals surface area contributed by atoms with Crippen LogP contribution in [0.3, 0.4) is 0 Å². The molecular formula is C19H26N4O5. The molecule has 4 N–H and O–H groups in total. The Hall–Kier alpha value is -2.94. The zero-order valence-corrected chi connectivity index (χ0v) is 16.0. The second kappa shape index (κ2) is 9.84. The van der Waals surface area contributed by atoms with Crippen LogP contribution in [0.4, 0.5) is 4.79 Å². The molecule has 9 nitrogen and oxygen atoms in total. The molecule has 1 atom stereocenters. The summed E-state index contributed by atoms with van der Waals surface area (Å²) in [5.41, 5.74) is 0.752. The van der Waals surface area contributed by atoms with E-state index in [0.29, 0.717) is 37.1 Å². The molecule has 2 rings (SSSR count). The molecule has 0 spiro atoms. The molecule has 1 fully saturated rings. The molecule has 3 amide bonds. The van der Waals surface area contributed by atoms with Crippen molar-refractivity contribution in [3.63, 3.8) is 0 Å². The van der Waals surface area contributed by atoms with Crippen molar-refractivity contribution in [2.75, 3.05) is 19.7 Å². The first-order chi connectivity index (χ1) is 13.3. The number of piperidine rings is 1. The van der Waals surface area contributed by atoms with Crippen molar-refractivity contribution in [2.45, 2.75) is 38.8 Å². The number of aliphatic hydroxyl groups is 1. The highest BCUT2D eigenvalue weighted by Crippen LogP contribution is 2.11. The lowest BCUT2D eigenvalue weighted by molar-refractivity contribution is -0.134. The molecule has 0 aromatic heterocycles. The van der Waals surface area contributed by atoms with Gasteiger partial charge in [0.25, 0.3) is 5.91 Å². The van der Waals surface area contributed by atoms with E-state index in [0.717, 1.165) is 0 Å². The van der Waals surface area contributed by atoms with Crippen molar-refractivity contribution in [3.8, 4) is 0 Å². The van der Waals surface area contributed by atoms with Gasteiger partial charge < -0.3 is 20.1 Å². The molecule has 152 valence electrons. The Bertz CT molecular complexity index is 726. The number of amidine groups is 1. The molecule has 0 radical (unpaired) electrons. The summed E-state index contributed by atoms with van der Waals surface area (Å²) in [7, 11) is 0. The Morgan fingerprint density at radius 1 is 1.21 bits per heavy atom. The van der Waals surface area contributed by atoms with E-state index in [4.69, 9.17) is 10.1 Å². The summed E-state index contributed by atoms with van der Waals surface area (Å²) in [6.07, 6.45) is -0.00401. The lowest BCUT2D eigenvalue weighted by atomic mass is 10.1. The van der Waals surface area contributed by atoms with Gasteiger partial charge in [-0.15, -0.1) is 0 Å². The number of carbonyl (C=O) groups is 3. The largest absolute Gasteiger partial charge is 0.450 e. The highest BCUT2D eigenvalue weighted by Gasteiger charge is 2.26. The molecule has 1 aliphatic rings. The second-order valence-corrected chi connectivity index (χ2v) is 6.55. The minimum atomic E-state index is -0.716. The number of likely N-dealkylation sites (tertiary alicyclic amines) is 1. The number of amides is 3. The van der Waals surface area contributed by atoms with Gasteiger partial charge in [0.2, 0.25) is 5.91 Å². The topological polar surface area (TPSA) is 132 Å². The monoisotopic (exact) mass is 390 g/mol. The summed E-state index contributed by atoms with van der Waals surface area (Å²) in [6.45, 7) is 4.44. The fourth-order valence-electron chi connectivity index (χ4n) is 2.83. The molecule has 0 saturated carbocycles. The summed E-state index contributed by atoms with van der Waals surface area (Å²) in [5.74, 6) is -0.729. The number of carbonyl (C=O) groups excluding carboxylic acids is 3. The van der Waals surface area contributed by atoms with Gasteiger partial charge in [-0.3, -0.25) is 20.3 Å². The maximum atomic E-state index is 12.4. The molecule has 9 heteroatoms. The predicted octanol–water partition coefficient (Wildman–Crippen LogP) is 0.860. The van der Waals surface area contributed by atoms with E-state index in [1.165, 1.54) is 24.3 Å². The van der Waals surface area contributed by atoms with Crippen LogP contribution in [-0.2, 0) is 9.53 Å². The van der Waals surface area contributed by atoms with Gasteiger partial charge in [-0.05, 0) is 38.8 Å². The van der Waals surface area contributed by atoms with E-state index >= 15 is 0 Å². The Labute approximate surface area is 163 Å². The number of nitrogens with one attached hydrogen (secondary N) is 3. The van der Waals surface area contributed by atoms with Gasteiger partial charge >= 0.3 is 6.09 Å². The Balaban J connectivity index is 1.90. The minimum absolute atomic E-state index is 0.138. The van der Waals surface area contributed by atoms with E-state index in [1.807, 2.05) is 0 Å². The van der Waals surface area contributed by atoms with E-state index in [-0.39, 0.29) is 24.5 Å². The molecule has 1 aromatic carbocycles. The summed E-state index contributed by atoms with van der Waals surface area (Å²) in [4.78, 5) is 37.8. The number of benzene rings is 1. The zero-order chi connectivity index (χ0) is 20.7. The number of ether oxygens (including phenoxy) is 1. The highest BCUT2D eigenvalue weighted by atomic mass is 16.5. The third-order valence-corrected chi connectivity index (χ3v) is 4.43. The van der Waals surface area contributed by atoms with Crippen LogP contribution in [0, 0.1) is 5.41 Å². The first-order valence-corrected chi connectivity index (χ1v) is 9.22. The van der Waals surface area contributed by atoms with Gasteiger partial charge in [-0.25, -0.2) is 4.79 Å². The van der Waals surface area contributed by atoms with Gasteiger partial charge in [0.05, 0.1) is 12.7 Å². The second-order valence-electron chi connectivity index (χ2n) is 6.55. The Kier molecular flexibility index (Phi) is 7.51. The Morgan fingerprint density at radius 3 is 2.36 bits per heavy atom. The first kappa shape index (κ1) is 21.4. The van der Waals surface area contributed by atoms with Crippen LogP contribution < -0.4 is 10.6 Å². The number of alkyl carbamates (subject to hydrolysis) is 1. The van der Waals surface area contributed by atoms with Gasteiger partial charge in [0.15, 0.2) is 0 Å². The quantitative estimate of drug-likeness (QED) is 0.437. The Morgan fingerprint density at radius 2 is 1.79 bits per heavy atom. The summed E-state index contributed by atoms with van der Waals surface area (Å²) >= 11 is 0. The fraction of sp³-hybridized carbons (Fsp3) is 0.474. The summed E-state index contributed by atoms with van der Waals surface area (Å²) in [6, 6.07) is 5.40. The number of rotatable bonds is 5. The van der Waals surface area contributed by atoms with Crippen LogP contribution in [0.1, 0.15) is 42.6 Å². The molecule has 0 aliphatic carbocycles. The van der Waals surface area contributed by atoms with E-state index in [9.17, 15) is 19.5 Å². The van der Waals surface area contributed by atoms with Crippen LogP contribution in [0.15, 0.2) is 24.3 Å². The number of hydrogen-bond acceptors (Lipinski definition) is 6. The van der Waals surface area contributed by atoms with Gasteiger partial charge in [-0.2, -0.15) is 0 Å². The maximum absolute atomic E-state index is 12.4. The third kappa shape index (κ3) is 5.78. The first-order valence-electron chi connectivity index (χ1n) is 9.22. The third-order valence-electron chi connectivity index (χ3n) is 4.43. The highest BCUT2D eigenvalue weighted by molar-refractivity contribution is 6.05. The van der Waals surface area contributed by atoms with Gasteiger partial charge in [-0.1, -0.05) is 12.1 Å². The zero-order valence-electron chi connectivity index (χ0n) is 16.0. The SMILES string of the molecule is CCOC(=O)NC(=N)c1ccc(C(=O)NC(C)C(=O)N2CCC(O)CC2)cc1. The van der Waals surface area contributed by atoms with Crippen LogP contribution in [0.5, 0.6) is 0 Å². The molecule has 1 saturated heterocycles. The van der Waals surface area contributed by atoms with Crippen molar-refractivity contribution in [1.29, 1.82) is 5.41 Å². The fourth-order valence-corrected chi connectivity index (χ4v) is 2.83. The lowest BCUT2D eigenvalue weighted by Crippen LogP contribution is -2.50. The smallest absolute Gasteiger partial charge is 0.412 e. The maximum Gasteiger partial charge on any atom is 0.412 e. The van der Waals surface area contributed by atoms with Crippen LogP contribution in [0.25, 0.3) is 0 Å². The van der Waals surface area contributed by atoms with Crippen molar-refractivity contribution in [3.05, 3.63) is 35.4 Å². The summed E-state index contributed by atoms with van der Waals surface area (Å²) in [5, 5.41) is 22.3. The minimum Gasteiger partial charge on any atom is -0.450 e. The van der Waals surface area contributed by atoms with Crippen molar-refractivity contribution >= 4 is 23.7 Å². The summed E-state index contributed by atoms with van der Waals surface area (Å²) < 4.78 is 4.71. The molecular weight excluding hydrogens is 364 g/mol. The molecule has 1 aliphatic heterocycles. The van der Waals surface area contributed by atoms with Crippen molar-refractivity contribution in [2.24, 2.45) is 0 Å². The van der Waals surface area contributed by atoms with E-state index in [2.05, 4.69) is 10.6 Å². The standard InChI is InChI=1S/C19H26N4O5/c1-3-28-19(27)22-16(20)13-4-6-14(7-5-13)17(25)21-12(2)18(26)23-10-8-15(24)9-11-23/h4-7,12,15,24H,3,8-11H2,1-2H3,(H,21,25)(H2,20,22,27). The van der Waals surface area contributed by atoms with Crippen LogP contribution in [0.2, 0.25) is 0 Å². The molecule has 28 heavy (non-hydrogen) atoms. The van der Waals surface area contributed by atoms with E-state index < -0.39 is 18.0 Å². The van der Waals surface area contributed by atoms with Crippen LogP contribution >= 0.6 is 0 Å². The molecule has 0 bridgehead atoms. The van der Waals surface area contributed by atoms with Crippen molar-refractivity contribution in [1.82, 2.24) is 15.5 Å². The van der Waals surface area contributed by atoms with Crippen molar-refractivity contribution < 1.29 is 24.2 Å². The molecule has 1 aromatic rings. The molecule has 1 unspecified atom stereocenters. The normalized spacial score (nSPS) is 15.5. The average Bonchev–Trinajstić information content (AvgIpc) is 2.68.